The predicted molar refractivity (Wildman–Crippen MR) is 59.9 cm³/mol. The van der Waals surface area contributed by atoms with Crippen molar-refractivity contribution in [3.05, 3.63) is 36.7 Å². The fraction of sp³-hybridized carbons (Fsp3) is 0.364. The fourth-order valence-corrected chi connectivity index (χ4v) is 1.59. The van der Waals surface area contributed by atoms with Gasteiger partial charge in [-0.15, -0.1) is 0 Å². The Labute approximate surface area is 98.8 Å². The van der Waals surface area contributed by atoms with Gasteiger partial charge in [-0.1, -0.05) is 5.16 Å². The zero-order valence-electron chi connectivity index (χ0n) is 9.78. The highest BCUT2D eigenvalue weighted by Gasteiger charge is 2.19. The second kappa shape index (κ2) is 4.82. The molecule has 1 unspecified atom stereocenters. The number of carbonyl (C=O) groups excluding carboxylic acids is 1. The molecule has 0 N–H and O–H groups in total. The van der Waals surface area contributed by atoms with Crippen LogP contribution < -0.4 is 0 Å². The Morgan fingerprint density at radius 1 is 1.65 bits per heavy atom. The molecular weight excluding hydrogens is 220 g/mol. The molecule has 0 aliphatic carbocycles. The maximum absolute atomic E-state index is 12.1. The number of imidazole rings is 1. The molecule has 2 heterocycles. The molecule has 0 aliphatic rings. The minimum atomic E-state index is -0.269. The number of nitrogens with zero attached hydrogens (tertiary/aromatic N) is 4. The van der Waals surface area contributed by atoms with Gasteiger partial charge in [-0.05, 0) is 6.92 Å². The Morgan fingerprint density at radius 3 is 3.06 bits per heavy atom. The van der Waals surface area contributed by atoms with E-state index in [0.29, 0.717) is 6.54 Å². The average Bonchev–Trinajstić information content (AvgIpc) is 2.99. The standard InChI is InChI=1S/C11H14N4O2/c1-9(15-5-4-12-8-15)11(16)14(2)7-10-3-6-17-13-10/h3-6,8-9H,7H2,1-2H3. The summed E-state index contributed by atoms with van der Waals surface area (Å²) in [7, 11) is 1.74. The predicted octanol–water partition coefficient (Wildman–Crippen LogP) is 1.09. The molecule has 2 rings (SSSR count). The summed E-state index contributed by atoms with van der Waals surface area (Å²) in [6, 6.07) is 1.47. The van der Waals surface area contributed by atoms with Crippen LogP contribution in [0, 0.1) is 0 Å². The van der Waals surface area contributed by atoms with E-state index in [1.165, 1.54) is 6.26 Å². The zero-order chi connectivity index (χ0) is 12.3. The maximum Gasteiger partial charge on any atom is 0.245 e. The molecule has 0 saturated carbocycles. The summed E-state index contributed by atoms with van der Waals surface area (Å²) < 4.78 is 6.49. The molecule has 6 nitrogen and oxygen atoms in total. The molecule has 0 bridgehead atoms. The summed E-state index contributed by atoms with van der Waals surface area (Å²) in [5.41, 5.74) is 0.735. The van der Waals surface area contributed by atoms with Gasteiger partial charge >= 0.3 is 0 Å². The summed E-state index contributed by atoms with van der Waals surface area (Å²) in [4.78, 5) is 17.6. The Hall–Kier alpha value is -2.11. The van der Waals surface area contributed by atoms with Crippen molar-refractivity contribution in [2.24, 2.45) is 0 Å². The fourth-order valence-electron chi connectivity index (χ4n) is 1.59. The smallest absolute Gasteiger partial charge is 0.245 e. The van der Waals surface area contributed by atoms with E-state index in [9.17, 15) is 4.79 Å². The Kier molecular flexibility index (Phi) is 3.22. The Morgan fingerprint density at radius 2 is 2.47 bits per heavy atom. The first-order chi connectivity index (χ1) is 8.18. The van der Waals surface area contributed by atoms with Crippen molar-refractivity contribution >= 4 is 5.91 Å². The van der Waals surface area contributed by atoms with Gasteiger partial charge in [0.15, 0.2) is 0 Å². The van der Waals surface area contributed by atoms with Crippen LogP contribution in [0.15, 0.2) is 35.6 Å². The largest absolute Gasteiger partial charge is 0.364 e. The van der Waals surface area contributed by atoms with Crippen LogP contribution in [0.2, 0.25) is 0 Å². The van der Waals surface area contributed by atoms with Crippen molar-refractivity contribution in [2.75, 3.05) is 7.05 Å². The van der Waals surface area contributed by atoms with Crippen molar-refractivity contribution in [1.29, 1.82) is 0 Å². The summed E-state index contributed by atoms with van der Waals surface area (Å²) in [6.45, 7) is 2.28. The van der Waals surface area contributed by atoms with Gasteiger partial charge in [-0.25, -0.2) is 4.98 Å². The molecule has 0 aliphatic heterocycles. The molecule has 2 aromatic heterocycles. The van der Waals surface area contributed by atoms with Crippen molar-refractivity contribution in [1.82, 2.24) is 19.6 Å². The molecule has 0 spiro atoms. The number of aromatic nitrogens is 3. The van der Waals surface area contributed by atoms with Crippen LogP contribution in [0.4, 0.5) is 0 Å². The van der Waals surface area contributed by atoms with Gasteiger partial charge in [0.25, 0.3) is 0 Å². The van der Waals surface area contributed by atoms with Crippen LogP contribution in [-0.4, -0.2) is 32.6 Å². The number of likely N-dealkylation sites (N-methyl/N-ethyl adjacent to an activating group) is 1. The number of hydrogen-bond acceptors (Lipinski definition) is 4. The maximum atomic E-state index is 12.1. The van der Waals surface area contributed by atoms with Crippen LogP contribution in [0.1, 0.15) is 18.7 Å². The van der Waals surface area contributed by atoms with Crippen LogP contribution in [0.3, 0.4) is 0 Å². The topological polar surface area (TPSA) is 64.2 Å². The summed E-state index contributed by atoms with van der Waals surface area (Å²) >= 11 is 0. The molecule has 17 heavy (non-hydrogen) atoms. The van der Waals surface area contributed by atoms with Gasteiger partial charge in [-0.3, -0.25) is 4.79 Å². The first-order valence-electron chi connectivity index (χ1n) is 5.30. The van der Waals surface area contributed by atoms with E-state index in [2.05, 4.69) is 10.1 Å². The Balaban J connectivity index is 2.00. The minimum Gasteiger partial charge on any atom is -0.364 e. The van der Waals surface area contributed by atoms with Crippen molar-refractivity contribution in [3.8, 4) is 0 Å². The van der Waals surface area contributed by atoms with Gasteiger partial charge in [0, 0.05) is 25.5 Å². The first kappa shape index (κ1) is 11.4. The second-order valence-corrected chi connectivity index (χ2v) is 3.87. The van der Waals surface area contributed by atoms with E-state index in [1.807, 2.05) is 6.92 Å². The second-order valence-electron chi connectivity index (χ2n) is 3.87. The lowest BCUT2D eigenvalue weighted by atomic mass is 10.3. The molecule has 90 valence electrons. The molecule has 6 heteroatoms. The third-order valence-electron chi connectivity index (χ3n) is 2.60. The highest BCUT2D eigenvalue weighted by Crippen LogP contribution is 2.10. The van der Waals surface area contributed by atoms with Gasteiger partial charge in [0.05, 0.1) is 12.9 Å². The quantitative estimate of drug-likeness (QED) is 0.794. The molecule has 0 fully saturated rings. The third-order valence-corrected chi connectivity index (χ3v) is 2.60. The summed E-state index contributed by atoms with van der Waals surface area (Å²) in [5, 5.41) is 3.77. The first-order valence-corrected chi connectivity index (χ1v) is 5.30. The van der Waals surface area contributed by atoms with Crippen LogP contribution >= 0.6 is 0 Å². The number of carbonyl (C=O) groups is 1. The Bertz CT molecular complexity index is 464. The molecule has 1 amide bonds. The van der Waals surface area contributed by atoms with Crippen LogP contribution in [0.25, 0.3) is 0 Å². The van der Waals surface area contributed by atoms with E-state index in [-0.39, 0.29) is 11.9 Å². The lowest BCUT2D eigenvalue weighted by Crippen LogP contribution is -2.32. The molecule has 0 aromatic carbocycles. The van der Waals surface area contributed by atoms with E-state index < -0.39 is 0 Å². The average molecular weight is 234 g/mol. The zero-order valence-corrected chi connectivity index (χ0v) is 9.78. The SMILES string of the molecule is CC(C(=O)N(C)Cc1ccon1)n1ccnc1. The molecule has 0 saturated heterocycles. The normalized spacial score (nSPS) is 12.4. The minimum absolute atomic E-state index is 0.00556. The number of rotatable bonds is 4. The molecular formula is C11H14N4O2. The van der Waals surface area contributed by atoms with E-state index >= 15 is 0 Å². The molecule has 0 radical (unpaired) electrons. The van der Waals surface area contributed by atoms with Gasteiger partial charge in [-0.2, -0.15) is 0 Å². The third kappa shape index (κ3) is 2.52. The van der Waals surface area contributed by atoms with E-state index in [1.54, 1.807) is 41.3 Å². The van der Waals surface area contributed by atoms with Crippen LogP contribution in [0.5, 0.6) is 0 Å². The summed E-state index contributed by atoms with van der Waals surface area (Å²) in [5.74, 6) is 0.00556. The van der Waals surface area contributed by atoms with E-state index in [4.69, 9.17) is 4.52 Å². The van der Waals surface area contributed by atoms with Crippen molar-refractivity contribution in [2.45, 2.75) is 19.5 Å². The number of amides is 1. The van der Waals surface area contributed by atoms with Crippen molar-refractivity contribution < 1.29 is 9.32 Å². The van der Waals surface area contributed by atoms with Crippen LogP contribution in [-0.2, 0) is 11.3 Å². The summed E-state index contributed by atoms with van der Waals surface area (Å²) in [6.07, 6.45) is 6.55. The van der Waals surface area contributed by atoms with Gasteiger partial charge < -0.3 is 14.0 Å². The lowest BCUT2D eigenvalue weighted by molar-refractivity contribution is -0.133. The lowest BCUT2D eigenvalue weighted by Gasteiger charge is -2.20. The molecule has 2 aromatic rings. The highest BCUT2D eigenvalue weighted by atomic mass is 16.5. The van der Waals surface area contributed by atoms with Gasteiger partial charge in [0.2, 0.25) is 5.91 Å². The highest BCUT2D eigenvalue weighted by molar-refractivity contribution is 5.79. The monoisotopic (exact) mass is 234 g/mol. The van der Waals surface area contributed by atoms with Crippen molar-refractivity contribution in [3.63, 3.8) is 0 Å². The van der Waals surface area contributed by atoms with Gasteiger partial charge in [0.1, 0.15) is 18.0 Å². The number of hydrogen-bond donors (Lipinski definition) is 0. The van der Waals surface area contributed by atoms with E-state index in [0.717, 1.165) is 5.69 Å². The molecule has 1 atom stereocenters.